The van der Waals surface area contributed by atoms with Gasteiger partial charge in [0.25, 0.3) is 0 Å². The minimum absolute atomic E-state index is 0. The largest absolute Gasteiger partial charge is 5.00 e. The van der Waals surface area contributed by atoms with Crippen LogP contribution in [0.1, 0.15) is 0 Å². The van der Waals surface area contributed by atoms with Gasteiger partial charge < -0.3 is 0 Å². The summed E-state index contributed by atoms with van der Waals surface area (Å²) in [4.78, 5) is 7.09. The SMILES string of the molecule is [C-]#[O+].[C-]#[O+].[C-]#[O+].[CH3][Sn]([CH3])[CH3].[Cr+5].c1cc[cH-]c1. The van der Waals surface area contributed by atoms with Gasteiger partial charge in [0.15, 0.2) is 0 Å². The van der Waals surface area contributed by atoms with Crippen molar-refractivity contribution in [3.63, 3.8) is 0 Å². The maximum absolute atomic E-state index is 7.50. The molecule has 0 unspecified atom stereocenters. The van der Waals surface area contributed by atoms with E-state index in [4.69, 9.17) is 14.0 Å². The Balaban J connectivity index is -0.0000000337. The molecule has 0 N–H and O–H groups in total. The summed E-state index contributed by atoms with van der Waals surface area (Å²) in [6, 6.07) is 10.0. The summed E-state index contributed by atoms with van der Waals surface area (Å²) in [5.41, 5.74) is 0. The van der Waals surface area contributed by atoms with Gasteiger partial charge in [0, 0.05) is 0 Å². The van der Waals surface area contributed by atoms with Crippen molar-refractivity contribution in [2.45, 2.75) is 14.8 Å². The molecule has 0 aromatic heterocycles. The van der Waals surface area contributed by atoms with E-state index in [9.17, 15) is 0 Å². The van der Waals surface area contributed by atoms with Gasteiger partial charge in [-0.1, -0.05) is 0 Å². The van der Waals surface area contributed by atoms with E-state index < -0.39 is 19.8 Å². The molecular formula is C11H14CrO3Sn+4. The van der Waals surface area contributed by atoms with Crippen LogP contribution in [0.25, 0.3) is 0 Å². The Labute approximate surface area is 116 Å². The molecule has 0 saturated heterocycles. The molecule has 82 valence electrons. The summed E-state index contributed by atoms with van der Waals surface area (Å²) in [5.74, 6) is 0. The zero-order valence-electron chi connectivity index (χ0n) is 9.52. The molecule has 3 nitrogen and oxygen atoms in total. The molecule has 16 heavy (non-hydrogen) atoms. The van der Waals surface area contributed by atoms with Crippen LogP contribution in [0.2, 0.25) is 14.8 Å². The number of hydrogen-bond acceptors (Lipinski definition) is 0. The van der Waals surface area contributed by atoms with Crippen LogP contribution in [-0.4, -0.2) is 19.8 Å². The number of hydrogen-bond donors (Lipinski definition) is 0. The van der Waals surface area contributed by atoms with Crippen molar-refractivity contribution < 1.29 is 31.3 Å². The summed E-state index contributed by atoms with van der Waals surface area (Å²) in [6.45, 7) is 13.5. The van der Waals surface area contributed by atoms with Crippen LogP contribution in [0.5, 0.6) is 0 Å². The summed E-state index contributed by atoms with van der Waals surface area (Å²) < 4.78 is 22.5. The first kappa shape index (κ1) is 29.7. The van der Waals surface area contributed by atoms with Gasteiger partial charge in [0.05, 0.1) is 0 Å². The van der Waals surface area contributed by atoms with Crippen molar-refractivity contribution in [2.75, 3.05) is 0 Å². The van der Waals surface area contributed by atoms with Crippen LogP contribution in [-0.2, 0) is 31.3 Å². The van der Waals surface area contributed by atoms with Gasteiger partial charge in [-0.15, -0.1) is 0 Å². The topological polar surface area (TPSA) is 59.7 Å². The van der Waals surface area contributed by atoms with Crippen molar-refractivity contribution in [1.82, 2.24) is 0 Å². The average molecular weight is 365 g/mol. The minimum atomic E-state index is -0.543. The van der Waals surface area contributed by atoms with Gasteiger partial charge in [-0.2, -0.15) is 18.2 Å². The molecule has 0 aliphatic heterocycles. The van der Waals surface area contributed by atoms with Gasteiger partial charge in [-0.3, -0.25) is 0 Å². The molecule has 0 aliphatic rings. The summed E-state index contributed by atoms with van der Waals surface area (Å²) in [5, 5.41) is 0. The van der Waals surface area contributed by atoms with Crippen molar-refractivity contribution in [2.24, 2.45) is 0 Å². The zero-order valence-corrected chi connectivity index (χ0v) is 13.6. The molecule has 1 aromatic carbocycles. The Hall–Kier alpha value is -0.0988. The van der Waals surface area contributed by atoms with Crippen LogP contribution in [0.4, 0.5) is 0 Å². The van der Waals surface area contributed by atoms with Crippen LogP contribution >= 0.6 is 0 Å². The molecule has 5 heteroatoms. The zero-order chi connectivity index (χ0) is 13.1. The van der Waals surface area contributed by atoms with E-state index in [1.54, 1.807) is 0 Å². The first-order valence-corrected chi connectivity index (χ1v) is 12.3. The van der Waals surface area contributed by atoms with Crippen molar-refractivity contribution >= 4 is 19.8 Å². The predicted molar refractivity (Wildman–Crippen MR) is 57.2 cm³/mol. The molecule has 0 bridgehead atoms. The van der Waals surface area contributed by atoms with Gasteiger partial charge in [-0.25, -0.2) is 12.1 Å². The smallest absolute Gasteiger partial charge is 0.214 e. The van der Waals surface area contributed by atoms with Crippen molar-refractivity contribution in [3.8, 4) is 0 Å². The van der Waals surface area contributed by atoms with E-state index in [-0.39, 0.29) is 17.4 Å². The summed E-state index contributed by atoms with van der Waals surface area (Å²) in [7, 11) is 0. The minimum Gasteiger partial charge on any atom is -0.214 e. The fourth-order valence-electron chi connectivity index (χ4n) is 0.321. The molecule has 1 aromatic rings. The van der Waals surface area contributed by atoms with Crippen molar-refractivity contribution in [3.05, 3.63) is 50.3 Å². The Morgan fingerprint density at radius 3 is 1.06 bits per heavy atom. The molecular weight excluding hydrogens is 351 g/mol. The molecule has 0 spiro atoms. The third kappa shape index (κ3) is 96.3. The van der Waals surface area contributed by atoms with Crippen LogP contribution < -0.4 is 0 Å². The van der Waals surface area contributed by atoms with Crippen LogP contribution in [0, 0.1) is 20.0 Å². The standard InChI is InChI=1S/C5H5.3CO.3CH3.Cr.Sn/c1-2-4-5-3-1;3*1-2;;;;;/h1-5H;;;;3*1H3;;/q-1;;;;;;;+5;. The first-order valence-electron chi connectivity index (χ1n) is 3.78. The van der Waals surface area contributed by atoms with E-state index in [1.165, 1.54) is 0 Å². The molecule has 2 radical (unpaired) electrons. The quantitative estimate of drug-likeness (QED) is 0.386. The van der Waals surface area contributed by atoms with E-state index >= 15 is 0 Å². The Morgan fingerprint density at radius 2 is 1.00 bits per heavy atom. The molecule has 0 fully saturated rings. The van der Waals surface area contributed by atoms with E-state index in [0.29, 0.717) is 0 Å². The molecule has 0 atom stereocenters. The third-order valence-electron chi connectivity index (χ3n) is 0.556. The van der Waals surface area contributed by atoms with Crippen LogP contribution in [0.15, 0.2) is 30.3 Å². The molecule has 0 aliphatic carbocycles. The van der Waals surface area contributed by atoms with E-state index in [1.807, 2.05) is 30.3 Å². The summed E-state index contributed by atoms with van der Waals surface area (Å²) >= 11 is -0.543. The Bertz CT molecular complexity index is 181. The van der Waals surface area contributed by atoms with Gasteiger partial charge in [0.2, 0.25) is 0 Å². The van der Waals surface area contributed by atoms with Gasteiger partial charge >= 0.3 is 85.8 Å². The molecule has 1 rings (SSSR count). The second-order valence-corrected chi connectivity index (χ2v) is 11.0. The fourth-order valence-corrected chi connectivity index (χ4v) is 0.321. The normalized spacial score (nSPS) is 5.12. The van der Waals surface area contributed by atoms with Gasteiger partial charge in [-0.05, 0) is 0 Å². The molecule has 0 saturated carbocycles. The Morgan fingerprint density at radius 1 is 0.812 bits per heavy atom. The maximum Gasteiger partial charge on any atom is 5.00 e. The third-order valence-corrected chi connectivity index (χ3v) is 0.556. The Kier molecular flexibility index (Phi) is 85.7. The van der Waals surface area contributed by atoms with E-state index in [0.717, 1.165) is 0 Å². The van der Waals surface area contributed by atoms with Crippen LogP contribution in [0.3, 0.4) is 0 Å². The molecule has 0 heterocycles. The second-order valence-electron chi connectivity index (χ2n) is 2.46. The second kappa shape index (κ2) is 46.1. The average Bonchev–Trinajstić information content (AvgIpc) is 2.83. The van der Waals surface area contributed by atoms with E-state index in [2.05, 4.69) is 34.8 Å². The monoisotopic (exact) mass is 366 g/mol. The molecule has 0 amide bonds. The first-order chi connectivity index (χ1) is 7.23. The predicted octanol–water partition coefficient (Wildman–Crippen LogP) is 2.66. The summed E-state index contributed by atoms with van der Waals surface area (Å²) in [6.07, 6.45) is 0. The van der Waals surface area contributed by atoms with Gasteiger partial charge in [0.1, 0.15) is 0 Å². The number of rotatable bonds is 0. The maximum atomic E-state index is 7.50. The fraction of sp³-hybridized carbons (Fsp3) is 0.273. The van der Waals surface area contributed by atoms with Crippen molar-refractivity contribution in [1.29, 1.82) is 0 Å².